The van der Waals surface area contributed by atoms with Crippen LogP contribution in [0, 0.1) is 0 Å². The Balaban J connectivity index is 3.10. The van der Waals surface area contributed by atoms with E-state index >= 15 is 0 Å². The van der Waals surface area contributed by atoms with E-state index in [9.17, 15) is 0 Å². The molecule has 0 aliphatic heterocycles. The van der Waals surface area contributed by atoms with Crippen LogP contribution in [0.25, 0.3) is 0 Å². The van der Waals surface area contributed by atoms with Gasteiger partial charge in [0, 0.05) is 16.4 Å². The Kier molecular flexibility index (Phi) is 6.95. The van der Waals surface area contributed by atoms with Gasteiger partial charge in [-0.15, -0.1) is 0 Å². The van der Waals surface area contributed by atoms with Crippen LogP contribution in [0.15, 0.2) is 28.7 Å². The fraction of sp³-hybridized carbons (Fsp3) is 0.625. The van der Waals surface area contributed by atoms with E-state index in [1.54, 1.807) is 0 Å². The highest BCUT2D eigenvalue weighted by atomic mass is 79.9. The summed E-state index contributed by atoms with van der Waals surface area (Å²) >= 11 is 3.74. The molecule has 0 aliphatic rings. The molecule has 0 spiro atoms. The first-order valence-corrected chi connectivity index (χ1v) is 7.95. The minimum atomic E-state index is 0.277. The lowest BCUT2D eigenvalue weighted by Crippen LogP contribution is -2.38. The maximum absolute atomic E-state index is 3.74. The van der Waals surface area contributed by atoms with E-state index in [1.807, 2.05) is 0 Å². The largest absolute Gasteiger partial charge is 0.316 e. The van der Waals surface area contributed by atoms with Gasteiger partial charge in [-0.05, 0) is 31.0 Å². The van der Waals surface area contributed by atoms with E-state index in [0.717, 1.165) is 13.1 Å². The molecule has 1 rings (SSSR count). The molecule has 0 amide bonds. The molecule has 1 aromatic rings. The van der Waals surface area contributed by atoms with Gasteiger partial charge in [-0.2, -0.15) is 0 Å². The van der Waals surface area contributed by atoms with E-state index in [4.69, 9.17) is 0 Å². The van der Waals surface area contributed by atoms with E-state index in [1.165, 1.54) is 35.7 Å². The molecular formula is C16H26BrN. The molecule has 18 heavy (non-hydrogen) atoms. The van der Waals surface area contributed by atoms with Crippen LogP contribution in [0.2, 0.25) is 0 Å². The second kappa shape index (κ2) is 7.96. The summed E-state index contributed by atoms with van der Waals surface area (Å²) in [7, 11) is 0. The molecule has 1 N–H and O–H groups in total. The number of rotatable bonds is 8. The number of benzene rings is 1. The Morgan fingerprint density at radius 2 is 1.67 bits per heavy atom. The van der Waals surface area contributed by atoms with E-state index in [-0.39, 0.29) is 5.41 Å². The predicted octanol–water partition coefficient (Wildman–Crippen LogP) is 4.90. The quantitative estimate of drug-likeness (QED) is 0.720. The van der Waals surface area contributed by atoms with Gasteiger partial charge in [0.05, 0.1) is 0 Å². The van der Waals surface area contributed by atoms with Gasteiger partial charge in [0.15, 0.2) is 0 Å². The highest BCUT2D eigenvalue weighted by Gasteiger charge is 2.31. The first kappa shape index (κ1) is 15.7. The van der Waals surface area contributed by atoms with Gasteiger partial charge in [0.25, 0.3) is 0 Å². The maximum Gasteiger partial charge on any atom is 0.0213 e. The van der Waals surface area contributed by atoms with Crippen LogP contribution in [0.3, 0.4) is 0 Å². The molecule has 2 heteroatoms. The molecule has 1 aromatic carbocycles. The Bertz CT molecular complexity index is 343. The Labute approximate surface area is 120 Å². The van der Waals surface area contributed by atoms with E-state index in [2.05, 4.69) is 66.3 Å². The summed E-state index contributed by atoms with van der Waals surface area (Å²) in [5.41, 5.74) is 1.74. The van der Waals surface area contributed by atoms with Crippen LogP contribution in [-0.2, 0) is 5.41 Å². The maximum atomic E-state index is 3.74. The minimum Gasteiger partial charge on any atom is -0.316 e. The van der Waals surface area contributed by atoms with Gasteiger partial charge < -0.3 is 5.32 Å². The summed E-state index contributed by atoms with van der Waals surface area (Å²) < 4.78 is 1.25. The molecule has 0 aromatic heterocycles. The van der Waals surface area contributed by atoms with Crippen LogP contribution in [0.4, 0.5) is 0 Å². The smallest absolute Gasteiger partial charge is 0.0213 e. The Morgan fingerprint density at radius 1 is 1.06 bits per heavy atom. The zero-order valence-electron chi connectivity index (χ0n) is 11.9. The molecule has 1 nitrogen and oxygen atoms in total. The van der Waals surface area contributed by atoms with Crippen molar-refractivity contribution in [2.75, 3.05) is 13.1 Å². The molecular weight excluding hydrogens is 286 g/mol. The third-order valence-electron chi connectivity index (χ3n) is 3.62. The highest BCUT2D eigenvalue weighted by Crippen LogP contribution is 2.37. The van der Waals surface area contributed by atoms with Crippen LogP contribution in [0.1, 0.15) is 52.0 Å². The van der Waals surface area contributed by atoms with Crippen molar-refractivity contribution in [1.29, 1.82) is 0 Å². The van der Waals surface area contributed by atoms with Crippen molar-refractivity contribution in [3.8, 4) is 0 Å². The van der Waals surface area contributed by atoms with Crippen LogP contribution >= 0.6 is 15.9 Å². The van der Waals surface area contributed by atoms with E-state index in [0.29, 0.717) is 0 Å². The third-order valence-corrected chi connectivity index (χ3v) is 4.31. The van der Waals surface area contributed by atoms with Gasteiger partial charge in [-0.3, -0.25) is 0 Å². The third kappa shape index (κ3) is 3.83. The first-order chi connectivity index (χ1) is 8.70. The van der Waals surface area contributed by atoms with Gasteiger partial charge in [0.1, 0.15) is 0 Å². The van der Waals surface area contributed by atoms with Gasteiger partial charge in [-0.1, -0.05) is 67.7 Å². The standard InChI is InChI=1S/C16H26BrN/c1-4-11-16(12-5-2,13-18-6-3)14-9-7-8-10-15(14)17/h7-10,18H,4-6,11-13H2,1-3H3. The summed E-state index contributed by atoms with van der Waals surface area (Å²) in [5, 5.41) is 3.56. The summed E-state index contributed by atoms with van der Waals surface area (Å²) in [6, 6.07) is 8.71. The molecule has 0 saturated carbocycles. The lowest BCUT2D eigenvalue weighted by molar-refractivity contribution is 0.336. The van der Waals surface area contributed by atoms with Crippen molar-refractivity contribution < 1.29 is 0 Å². The zero-order chi connectivity index (χ0) is 13.4. The van der Waals surface area contributed by atoms with Crippen molar-refractivity contribution in [1.82, 2.24) is 5.32 Å². The summed E-state index contributed by atoms with van der Waals surface area (Å²) in [5.74, 6) is 0. The van der Waals surface area contributed by atoms with Crippen molar-refractivity contribution in [2.45, 2.75) is 51.9 Å². The monoisotopic (exact) mass is 311 g/mol. The molecule has 0 unspecified atom stereocenters. The summed E-state index contributed by atoms with van der Waals surface area (Å²) in [4.78, 5) is 0. The Morgan fingerprint density at radius 3 is 2.17 bits per heavy atom. The first-order valence-electron chi connectivity index (χ1n) is 7.16. The Hall–Kier alpha value is -0.340. The number of nitrogens with one attached hydrogen (secondary N) is 1. The SMILES string of the molecule is CCCC(CCC)(CNCC)c1ccccc1Br. The lowest BCUT2D eigenvalue weighted by Gasteiger charge is -2.35. The highest BCUT2D eigenvalue weighted by molar-refractivity contribution is 9.10. The zero-order valence-corrected chi connectivity index (χ0v) is 13.5. The predicted molar refractivity (Wildman–Crippen MR) is 84.2 cm³/mol. The van der Waals surface area contributed by atoms with Gasteiger partial charge >= 0.3 is 0 Å². The second-order valence-electron chi connectivity index (χ2n) is 5.04. The van der Waals surface area contributed by atoms with E-state index < -0.39 is 0 Å². The van der Waals surface area contributed by atoms with Crippen LogP contribution in [-0.4, -0.2) is 13.1 Å². The number of likely N-dealkylation sites (N-methyl/N-ethyl adjacent to an activating group) is 1. The van der Waals surface area contributed by atoms with Crippen LogP contribution < -0.4 is 5.32 Å². The normalized spacial score (nSPS) is 11.8. The molecule has 102 valence electrons. The number of hydrogen-bond donors (Lipinski definition) is 1. The minimum absolute atomic E-state index is 0.277. The fourth-order valence-electron chi connectivity index (χ4n) is 2.88. The fourth-order valence-corrected chi connectivity index (χ4v) is 3.58. The average molecular weight is 312 g/mol. The van der Waals surface area contributed by atoms with Gasteiger partial charge in [-0.25, -0.2) is 0 Å². The molecule has 0 aliphatic carbocycles. The number of hydrogen-bond acceptors (Lipinski definition) is 1. The molecule has 0 saturated heterocycles. The lowest BCUT2D eigenvalue weighted by atomic mass is 9.73. The summed E-state index contributed by atoms with van der Waals surface area (Å²) in [6.07, 6.45) is 4.95. The molecule has 0 fully saturated rings. The number of halogens is 1. The van der Waals surface area contributed by atoms with Gasteiger partial charge in [0.2, 0.25) is 0 Å². The second-order valence-corrected chi connectivity index (χ2v) is 5.89. The van der Waals surface area contributed by atoms with Crippen molar-refractivity contribution in [3.63, 3.8) is 0 Å². The molecule has 0 heterocycles. The van der Waals surface area contributed by atoms with Crippen molar-refractivity contribution in [2.24, 2.45) is 0 Å². The summed E-state index contributed by atoms with van der Waals surface area (Å²) in [6.45, 7) is 8.87. The molecule has 0 radical (unpaired) electrons. The molecule has 0 bridgehead atoms. The van der Waals surface area contributed by atoms with Crippen molar-refractivity contribution in [3.05, 3.63) is 34.3 Å². The average Bonchev–Trinajstić information content (AvgIpc) is 2.37. The van der Waals surface area contributed by atoms with Crippen LogP contribution in [0.5, 0.6) is 0 Å². The topological polar surface area (TPSA) is 12.0 Å². The van der Waals surface area contributed by atoms with Crippen molar-refractivity contribution >= 4 is 15.9 Å². The molecule has 0 atom stereocenters.